The molecule has 116 valence electrons. The third kappa shape index (κ3) is 3.99. The van der Waals surface area contributed by atoms with Gasteiger partial charge in [0, 0.05) is 23.5 Å². The van der Waals surface area contributed by atoms with Gasteiger partial charge in [0.05, 0.1) is 5.56 Å². The quantitative estimate of drug-likeness (QED) is 0.722. The van der Waals surface area contributed by atoms with E-state index in [4.69, 9.17) is 0 Å². The monoisotopic (exact) mass is 363 g/mol. The van der Waals surface area contributed by atoms with Gasteiger partial charge in [0.25, 0.3) is 5.91 Å². The van der Waals surface area contributed by atoms with Crippen molar-refractivity contribution < 1.29 is 18.0 Å². The zero-order chi connectivity index (χ0) is 15.5. The van der Waals surface area contributed by atoms with Crippen LogP contribution in [0.15, 0.2) is 24.3 Å². The summed E-state index contributed by atoms with van der Waals surface area (Å²) in [5.74, 6) is -0.313. The molecule has 1 amide bonds. The highest BCUT2D eigenvalue weighted by Crippen LogP contribution is 2.30. The summed E-state index contributed by atoms with van der Waals surface area (Å²) in [5.41, 5.74) is -0.670. The van der Waals surface area contributed by atoms with Crippen molar-refractivity contribution in [2.24, 2.45) is 0 Å². The van der Waals surface area contributed by atoms with E-state index < -0.39 is 11.7 Å². The van der Waals surface area contributed by atoms with E-state index in [0.29, 0.717) is 11.9 Å². The Balaban J connectivity index is 2.24. The molecule has 1 saturated carbocycles. The minimum Gasteiger partial charge on any atom is -0.335 e. The van der Waals surface area contributed by atoms with Gasteiger partial charge in [0.15, 0.2) is 0 Å². The molecule has 0 unspecified atom stereocenters. The first-order valence-electron chi connectivity index (χ1n) is 6.97. The third-order valence-corrected chi connectivity index (χ3v) is 4.14. The first-order chi connectivity index (χ1) is 9.93. The highest BCUT2D eigenvalue weighted by Gasteiger charge is 2.32. The minimum atomic E-state index is -4.43. The van der Waals surface area contributed by atoms with Crippen LogP contribution in [0.5, 0.6) is 0 Å². The van der Waals surface area contributed by atoms with E-state index in [-0.39, 0.29) is 17.5 Å². The van der Waals surface area contributed by atoms with E-state index in [0.717, 1.165) is 37.8 Å². The largest absolute Gasteiger partial charge is 0.416 e. The van der Waals surface area contributed by atoms with Gasteiger partial charge < -0.3 is 4.90 Å². The molecule has 0 bridgehead atoms. The normalized spacial score (nSPS) is 16.2. The molecule has 21 heavy (non-hydrogen) atoms. The van der Waals surface area contributed by atoms with Crippen LogP contribution in [0.1, 0.15) is 41.6 Å². The molecule has 1 aromatic carbocycles. The minimum absolute atomic E-state index is 0.109. The van der Waals surface area contributed by atoms with Crippen molar-refractivity contribution >= 4 is 21.8 Å². The van der Waals surface area contributed by atoms with Crippen molar-refractivity contribution in [2.75, 3.05) is 11.9 Å². The van der Waals surface area contributed by atoms with Crippen LogP contribution >= 0.6 is 15.9 Å². The summed E-state index contributed by atoms with van der Waals surface area (Å²) in [6.45, 7) is 0.514. The molecule has 0 atom stereocenters. The van der Waals surface area contributed by atoms with E-state index in [2.05, 4.69) is 15.9 Å². The molecule has 1 fully saturated rings. The van der Waals surface area contributed by atoms with Gasteiger partial charge in [-0.1, -0.05) is 34.8 Å². The first kappa shape index (κ1) is 16.3. The number of alkyl halides is 4. The van der Waals surface area contributed by atoms with Crippen LogP contribution in [0, 0.1) is 0 Å². The van der Waals surface area contributed by atoms with Crippen LogP contribution in [0.4, 0.5) is 13.2 Å². The number of rotatable bonds is 4. The Bertz CT molecular complexity index is 498. The van der Waals surface area contributed by atoms with Crippen molar-refractivity contribution in [3.63, 3.8) is 0 Å². The molecule has 1 aliphatic carbocycles. The molecule has 0 N–H and O–H groups in total. The van der Waals surface area contributed by atoms with E-state index >= 15 is 0 Å². The average molecular weight is 364 g/mol. The maximum absolute atomic E-state index is 12.7. The van der Waals surface area contributed by atoms with Gasteiger partial charge >= 0.3 is 6.18 Å². The fourth-order valence-electron chi connectivity index (χ4n) is 2.75. The molecular weight excluding hydrogens is 347 g/mol. The van der Waals surface area contributed by atoms with Gasteiger partial charge in [-0.3, -0.25) is 4.79 Å². The van der Waals surface area contributed by atoms with Gasteiger partial charge in [-0.05, 0) is 31.0 Å². The molecule has 0 aliphatic heterocycles. The summed E-state index contributed by atoms with van der Waals surface area (Å²) in [5, 5.41) is 0.619. The Hall–Kier alpha value is -1.04. The van der Waals surface area contributed by atoms with Crippen molar-refractivity contribution in [3.8, 4) is 0 Å². The van der Waals surface area contributed by atoms with E-state index in [1.165, 1.54) is 12.1 Å². The highest BCUT2D eigenvalue weighted by atomic mass is 79.9. The second-order valence-corrected chi connectivity index (χ2v) is 6.00. The van der Waals surface area contributed by atoms with E-state index in [1.807, 2.05) is 0 Å². The number of halogens is 4. The predicted molar refractivity (Wildman–Crippen MR) is 78.5 cm³/mol. The van der Waals surface area contributed by atoms with Gasteiger partial charge in [0.2, 0.25) is 0 Å². The van der Waals surface area contributed by atoms with Crippen LogP contribution in [0.25, 0.3) is 0 Å². The van der Waals surface area contributed by atoms with Gasteiger partial charge in [-0.15, -0.1) is 0 Å². The Morgan fingerprint density at radius 1 is 1.29 bits per heavy atom. The topological polar surface area (TPSA) is 20.3 Å². The average Bonchev–Trinajstić information content (AvgIpc) is 2.97. The van der Waals surface area contributed by atoms with Crippen LogP contribution in [0.3, 0.4) is 0 Å². The number of hydrogen-bond acceptors (Lipinski definition) is 1. The Kier molecular flexibility index (Phi) is 5.30. The van der Waals surface area contributed by atoms with Crippen molar-refractivity contribution in [2.45, 2.75) is 37.9 Å². The lowest BCUT2D eigenvalue weighted by atomic mass is 10.1. The van der Waals surface area contributed by atoms with Crippen molar-refractivity contribution in [3.05, 3.63) is 35.4 Å². The van der Waals surface area contributed by atoms with Gasteiger partial charge in [0.1, 0.15) is 0 Å². The van der Waals surface area contributed by atoms with E-state index in [1.54, 1.807) is 4.90 Å². The maximum atomic E-state index is 12.7. The van der Waals surface area contributed by atoms with Crippen molar-refractivity contribution in [1.29, 1.82) is 0 Å². The lowest BCUT2D eigenvalue weighted by Gasteiger charge is -2.28. The summed E-state index contributed by atoms with van der Waals surface area (Å²) >= 11 is 3.31. The number of carbonyl (C=O) groups is 1. The standard InChI is InChI=1S/C15H17BrF3NO/c16-8-9-20(13-6-1-2-7-13)14(21)11-4-3-5-12(10-11)15(17,18)19/h3-5,10,13H,1-2,6-9H2. The highest BCUT2D eigenvalue weighted by molar-refractivity contribution is 9.09. The molecular formula is C15H17BrF3NO. The molecule has 6 heteroatoms. The number of amides is 1. The molecule has 2 nitrogen and oxygen atoms in total. The summed E-state index contributed by atoms with van der Waals surface area (Å²) in [4.78, 5) is 14.2. The summed E-state index contributed by atoms with van der Waals surface area (Å²) in [7, 11) is 0. The summed E-state index contributed by atoms with van der Waals surface area (Å²) in [6.07, 6.45) is -0.433. The molecule has 0 saturated heterocycles. The molecule has 0 aromatic heterocycles. The predicted octanol–water partition coefficient (Wildman–Crippen LogP) is 4.49. The van der Waals surface area contributed by atoms with E-state index in [9.17, 15) is 18.0 Å². The van der Waals surface area contributed by atoms with Gasteiger partial charge in [-0.25, -0.2) is 0 Å². The van der Waals surface area contributed by atoms with Crippen LogP contribution in [0.2, 0.25) is 0 Å². The zero-order valence-corrected chi connectivity index (χ0v) is 13.1. The number of hydrogen-bond donors (Lipinski definition) is 0. The number of carbonyl (C=O) groups excluding carboxylic acids is 1. The Labute approximate surface area is 130 Å². The fourth-order valence-corrected chi connectivity index (χ4v) is 3.13. The SMILES string of the molecule is O=C(c1cccc(C(F)(F)F)c1)N(CCBr)C1CCCC1. The van der Waals surface area contributed by atoms with Crippen LogP contribution in [-0.2, 0) is 6.18 Å². The maximum Gasteiger partial charge on any atom is 0.416 e. The number of nitrogens with zero attached hydrogens (tertiary/aromatic N) is 1. The smallest absolute Gasteiger partial charge is 0.335 e. The second-order valence-electron chi connectivity index (χ2n) is 5.20. The molecule has 0 heterocycles. The Morgan fingerprint density at radius 3 is 2.52 bits per heavy atom. The molecule has 2 rings (SSSR count). The molecule has 1 aromatic rings. The molecule has 0 radical (unpaired) electrons. The molecule has 1 aliphatic rings. The zero-order valence-electron chi connectivity index (χ0n) is 11.5. The summed E-state index contributed by atoms with van der Waals surface area (Å²) in [6, 6.07) is 4.81. The lowest BCUT2D eigenvalue weighted by molar-refractivity contribution is -0.137. The first-order valence-corrected chi connectivity index (χ1v) is 8.10. The van der Waals surface area contributed by atoms with Crippen LogP contribution < -0.4 is 0 Å². The second kappa shape index (κ2) is 6.81. The number of benzene rings is 1. The molecule has 0 spiro atoms. The lowest BCUT2D eigenvalue weighted by Crippen LogP contribution is -2.40. The van der Waals surface area contributed by atoms with Gasteiger partial charge in [-0.2, -0.15) is 13.2 Å². The van der Waals surface area contributed by atoms with Crippen LogP contribution in [-0.4, -0.2) is 28.7 Å². The third-order valence-electron chi connectivity index (χ3n) is 3.79. The van der Waals surface area contributed by atoms with Crippen molar-refractivity contribution in [1.82, 2.24) is 4.90 Å². The Morgan fingerprint density at radius 2 is 1.95 bits per heavy atom. The fraction of sp³-hybridized carbons (Fsp3) is 0.533. The summed E-state index contributed by atoms with van der Waals surface area (Å²) < 4.78 is 38.2.